The number of carbonyl (C=O) groups excluding carboxylic acids is 1. The van der Waals surface area contributed by atoms with Crippen molar-refractivity contribution in [2.45, 2.75) is 231 Å². The molecule has 4 saturated carbocycles. The molecule has 78 heavy (non-hydrogen) atoms. The molecule has 2 bridgehead atoms. The fraction of sp³-hybridized carbons (Fsp3) is 0.940. The van der Waals surface area contributed by atoms with Gasteiger partial charge in [0.15, 0.2) is 31.3 Å². The maximum atomic E-state index is 15.1. The molecule has 448 valence electrons. The Morgan fingerprint density at radius 2 is 0.885 bits per heavy atom. The Morgan fingerprint density at radius 3 is 1.37 bits per heavy atom. The van der Waals surface area contributed by atoms with Gasteiger partial charge in [0.05, 0.1) is 44.1 Å². The Bertz CT molecular complexity index is 2070. The number of ether oxygens (including phenoxy) is 10. The van der Waals surface area contributed by atoms with Crippen molar-refractivity contribution in [3.8, 4) is 0 Å². The summed E-state index contributed by atoms with van der Waals surface area (Å²) < 4.78 is 59.7. The first-order chi connectivity index (χ1) is 36.9. The highest BCUT2D eigenvalue weighted by Crippen LogP contribution is 2.74. The largest absolute Gasteiger partial charge is 0.432 e. The molecular weight excluding hydrogens is 1050 g/mol. The van der Waals surface area contributed by atoms with Crippen LogP contribution in [0.4, 0.5) is 0 Å². The van der Waals surface area contributed by atoms with E-state index in [2.05, 4.69) is 13.5 Å². The van der Waals surface area contributed by atoms with Crippen LogP contribution < -0.4 is 0 Å². The van der Waals surface area contributed by atoms with Gasteiger partial charge in [-0.3, -0.25) is 4.79 Å². The summed E-state index contributed by atoms with van der Waals surface area (Å²) in [5, 5.41) is 181. The van der Waals surface area contributed by atoms with Crippen LogP contribution in [0, 0.1) is 28.1 Å². The van der Waals surface area contributed by atoms with Crippen LogP contribution in [0.3, 0.4) is 0 Å². The Hall–Kier alpha value is -1.83. The lowest BCUT2D eigenvalue weighted by Gasteiger charge is -2.64. The highest BCUT2D eigenvalue weighted by atomic mass is 16.8. The number of fused-ring (bicyclic) bond motifs is 3. The summed E-state index contributed by atoms with van der Waals surface area (Å²) in [4.78, 5) is 15.1. The first kappa shape index (κ1) is 60.8. The molecule has 0 radical (unpaired) electrons. The van der Waals surface area contributed by atoms with Gasteiger partial charge in [-0.05, 0) is 86.5 Å². The molecule has 0 aromatic rings. The molecule has 5 heterocycles. The van der Waals surface area contributed by atoms with E-state index in [0.29, 0.717) is 63.4 Å². The minimum absolute atomic E-state index is 0.0405. The molecule has 5 saturated heterocycles. The number of esters is 1. The van der Waals surface area contributed by atoms with Gasteiger partial charge in [-0.1, -0.05) is 19.9 Å². The van der Waals surface area contributed by atoms with E-state index in [1.807, 2.05) is 0 Å². The van der Waals surface area contributed by atoms with Crippen LogP contribution in [-0.4, -0.2) is 285 Å². The topological polar surface area (TPSA) is 453 Å². The van der Waals surface area contributed by atoms with Crippen LogP contribution in [0.5, 0.6) is 0 Å². The molecule has 1 spiro atoms. The van der Waals surface area contributed by atoms with Gasteiger partial charge in [-0.2, -0.15) is 0 Å². The van der Waals surface area contributed by atoms with Gasteiger partial charge < -0.3 is 134 Å². The van der Waals surface area contributed by atoms with E-state index in [1.165, 1.54) is 0 Å². The molecule has 0 aromatic carbocycles. The zero-order chi connectivity index (χ0) is 56.7. The third kappa shape index (κ3) is 10.3. The molecule has 0 amide bonds. The normalized spacial score (nSPS) is 54.5. The van der Waals surface area contributed by atoms with Crippen LogP contribution in [0.1, 0.15) is 71.6 Å². The van der Waals surface area contributed by atoms with E-state index >= 15 is 4.79 Å². The summed E-state index contributed by atoms with van der Waals surface area (Å²) in [6, 6.07) is 0. The van der Waals surface area contributed by atoms with E-state index in [1.54, 1.807) is 6.92 Å². The van der Waals surface area contributed by atoms with Crippen molar-refractivity contribution in [3.05, 3.63) is 12.2 Å². The quantitative estimate of drug-likeness (QED) is 0.0411. The zero-order valence-corrected chi connectivity index (χ0v) is 43.3. The minimum Gasteiger partial charge on any atom is -0.432 e. The highest BCUT2D eigenvalue weighted by Gasteiger charge is 2.70. The summed E-state index contributed by atoms with van der Waals surface area (Å²) in [6.45, 7) is 4.30. The Morgan fingerprint density at radius 1 is 0.487 bits per heavy atom. The Labute approximate surface area is 448 Å². The van der Waals surface area contributed by atoms with Gasteiger partial charge in [0.2, 0.25) is 6.29 Å². The first-order valence-electron chi connectivity index (χ1n) is 26.9. The summed E-state index contributed by atoms with van der Waals surface area (Å²) in [5.41, 5.74) is -2.62. The molecule has 9 rings (SSSR count). The maximum absolute atomic E-state index is 15.1. The summed E-state index contributed by atoms with van der Waals surface area (Å²) in [7, 11) is 0. The number of hydrogen-bond donors (Lipinski definition) is 17. The third-order valence-corrected chi connectivity index (χ3v) is 19.2. The molecule has 31 atom stereocenters. The van der Waals surface area contributed by atoms with Crippen molar-refractivity contribution in [1.82, 2.24) is 0 Å². The maximum Gasteiger partial charge on any atom is 0.314 e. The predicted molar refractivity (Wildman–Crippen MR) is 252 cm³/mol. The highest BCUT2D eigenvalue weighted by molar-refractivity contribution is 5.77. The third-order valence-electron chi connectivity index (χ3n) is 19.2. The van der Waals surface area contributed by atoms with Gasteiger partial charge in [0.25, 0.3) is 0 Å². The number of aliphatic hydroxyl groups is 17. The van der Waals surface area contributed by atoms with Crippen molar-refractivity contribution in [2.24, 2.45) is 28.1 Å². The number of hydrogen-bond acceptors (Lipinski definition) is 28. The fourth-order valence-corrected chi connectivity index (χ4v) is 14.9. The van der Waals surface area contributed by atoms with Crippen molar-refractivity contribution in [2.75, 3.05) is 33.0 Å². The van der Waals surface area contributed by atoms with E-state index in [-0.39, 0.29) is 11.8 Å². The molecule has 25 unspecified atom stereocenters. The van der Waals surface area contributed by atoms with E-state index < -0.39 is 214 Å². The second-order valence-corrected chi connectivity index (χ2v) is 23.6. The molecule has 4 aliphatic carbocycles. The van der Waals surface area contributed by atoms with Crippen molar-refractivity contribution < 1.29 is 139 Å². The fourth-order valence-electron chi connectivity index (χ4n) is 14.9. The molecule has 17 N–H and O–H groups in total. The molecular formula is C50H80O28. The standard InChI is InChI=1S/C50H80O28/c1-18-11-49-9-5-24-47(2,25(49)6-10-50(18,17-49)78-45-40(35(65)30(60)23(16-55)73-45)75-42-37(67)32(62)27(57)20(13-52)70-42)7-4-8-48(24,3)46(68)77-44-39(34(64)29(59)22(15-54)72-44)76-43-38(33(63)28(58)21(14-53)71-43)74-41-36(66)31(61)26(56)19(12-51)69-41/h19-45,51-67H,1,4-17H2,2-3H3/t19?,20?,21?,22?,23?,24-,25-,26?,27?,28?,29?,30?,31?,32?,33?,34?,35?,36?,37?,38?,39?,40?,41?,42?,43?,44?,45?,47+,48+,49+,50-/m0/s1. The van der Waals surface area contributed by atoms with E-state index in [4.69, 9.17) is 47.4 Å². The Kier molecular flexibility index (Phi) is 18.2. The lowest BCUT2D eigenvalue weighted by Crippen LogP contribution is -2.67. The van der Waals surface area contributed by atoms with Crippen LogP contribution in [0.25, 0.3) is 0 Å². The summed E-state index contributed by atoms with van der Waals surface area (Å²) in [6.07, 6.45) is -39.7. The van der Waals surface area contributed by atoms with Gasteiger partial charge in [-0.15, -0.1) is 0 Å². The van der Waals surface area contributed by atoms with E-state index in [0.717, 1.165) is 0 Å². The van der Waals surface area contributed by atoms with Gasteiger partial charge in [-0.25, -0.2) is 0 Å². The molecule has 9 aliphatic rings. The number of rotatable bonds is 15. The monoisotopic (exact) mass is 1130 g/mol. The number of aliphatic hydroxyl groups excluding tert-OH is 17. The van der Waals surface area contributed by atoms with Gasteiger partial charge in [0.1, 0.15) is 116 Å². The van der Waals surface area contributed by atoms with Crippen molar-refractivity contribution in [3.63, 3.8) is 0 Å². The predicted octanol–water partition coefficient (Wildman–Crippen LogP) is -7.29. The molecule has 28 heteroatoms. The van der Waals surface area contributed by atoms with Crippen molar-refractivity contribution >= 4 is 5.97 Å². The van der Waals surface area contributed by atoms with Crippen LogP contribution >= 0.6 is 0 Å². The first-order valence-corrected chi connectivity index (χ1v) is 26.9. The van der Waals surface area contributed by atoms with Crippen LogP contribution in [0.15, 0.2) is 12.2 Å². The summed E-state index contributed by atoms with van der Waals surface area (Å²) >= 11 is 0. The second kappa shape index (κ2) is 23.3. The zero-order valence-electron chi connectivity index (χ0n) is 43.3. The second-order valence-electron chi connectivity index (χ2n) is 23.6. The molecule has 5 aliphatic heterocycles. The van der Waals surface area contributed by atoms with E-state index in [9.17, 15) is 86.8 Å². The molecule has 28 nitrogen and oxygen atoms in total. The smallest absolute Gasteiger partial charge is 0.314 e. The van der Waals surface area contributed by atoms with Gasteiger partial charge >= 0.3 is 5.97 Å². The number of carbonyl (C=O) groups is 1. The molecule has 9 fully saturated rings. The minimum atomic E-state index is -2.02. The van der Waals surface area contributed by atoms with Crippen LogP contribution in [0.2, 0.25) is 0 Å². The van der Waals surface area contributed by atoms with Crippen LogP contribution in [-0.2, 0) is 52.2 Å². The average Bonchev–Trinajstić information content (AvgIpc) is 3.65. The van der Waals surface area contributed by atoms with Gasteiger partial charge in [0, 0.05) is 0 Å². The van der Waals surface area contributed by atoms with Crippen molar-refractivity contribution in [1.29, 1.82) is 0 Å². The lowest BCUT2D eigenvalue weighted by molar-refractivity contribution is -0.391. The SMILES string of the molecule is C=C1C[C@@]23CC[C@H]4[C@@](C)(CCC[C@@]4(C)C(=O)OC4OC(CO)C(O)C(O)C4OC4OC(CO)C(O)C(O)C4OC4OC(CO)C(O)C(O)C4O)[C@@H]2CC[C@]1(OC1OC(CO)C(O)C(O)C1OC1OC(CO)C(O)C(O)C1O)C3. The average molecular weight is 1130 g/mol. The summed E-state index contributed by atoms with van der Waals surface area (Å²) in [5.74, 6) is -1.16. The lowest BCUT2D eigenvalue weighted by atomic mass is 9.41. The molecule has 0 aromatic heterocycles. The Balaban J connectivity index is 0.935.